The predicted octanol–water partition coefficient (Wildman–Crippen LogP) is 2.06. The topological polar surface area (TPSA) is 58.6 Å². The molecule has 0 aromatic carbocycles. The van der Waals surface area contributed by atoms with E-state index in [-0.39, 0.29) is 13.0 Å². The van der Waals surface area contributed by atoms with Gasteiger partial charge in [-0.05, 0) is 27.2 Å². The summed E-state index contributed by atoms with van der Waals surface area (Å²) in [7, 11) is 0. The van der Waals surface area contributed by atoms with Crippen molar-refractivity contribution in [3.63, 3.8) is 0 Å². The number of likely N-dealkylation sites (tertiary alicyclic amines) is 1. The molecule has 1 unspecified atom stereocenters. The van der Waals surface area contributed by atoms with Crippen LogP contribution in [0.3, 0.4) is 0 Å². The van der Waals surface area contributed by atoms with Gasteiger partial charge in [0.1, 0.15) is 12.1 Å². The van der Waals surface area contributed by atoms with E-state index in [9.17, 15) is 22.8 Å². The highest BCUT2D eigenvalue weighted by Gasteiger charge is 2.36. The SMILES string of the molecule is CC(C)(C)OC(=O)NC1CCC(=O)N(CC(F)(F)F)C1. The third-order valence-electron chi connectivity index (χ3n) is 2.59. The monoisotopic (exact) mass is 296 g/mol. The number of hydrogen-bond acceptors (Lipinski definition) is 3. The molecule has 1 heterocycles. The number of alkyl carbamates (subject to hydrolysis) is 1. The smallest absolute Gasteiger partial charge is 0.407 e. The number of nitrogens with one attached hydrogen (secondary N) is 1. The third kappa shape index (κ3) is 6.12. The van der Waals surface area contributed by atoms with Crippen molar-refractivity contribution >= 4 is 12.0 Å². The Balaban J connectivity index is 2.53. The van der Waals surface area contributed by atoms with E-state index in [0.717, 1.165) is 0 Å². The fourth-order valence-corrected chi connectivity index (χ4v) is 1.88. The Morgan fingerprint density at radius 3 is 2.50 bits per heavy atom. The van der Waals surface area contributed by atoms with Crippen LogP contribution in [0, 0.1) is 0 Å². The normalized spacial score (nSPS) is 20.8. The van der Waals surface area contributed by atoms with Crippen LogP contribution in [-0.4, -0.2) is 47.8 Å². The van der Waals surface area contributed by atoms with E-state index in [1.165, 1.54) is 0 Å². The first-order valence-electron chi connectivity index (χ1n) is 6.30. The van der Waals surface area contributed by atoms with Crippen molar-refractivity contribution in [1.29, 1.82) is 0 Å². The molecule has 5 nitrogen and oxygen atoms in total. The van der Waals surface area contributed by atoms with Gasteiger partial charge in [-0.25, -0.2) is 4.79 Å². The molecule has 116 valence electrons. The van der Waals surface area contributed by atoms with E-state index >= 15 is 0 Å². The van der Waals surface area contributed by atoms with Crippen molar-refractivity contribution in [1.82, 2.24) is 10.2 Å². The molecule has 1 rings (SSSR count). The number of carbonyl (C=O) groups is 2. The van der Waals surface area contributed by atoms with Crippen LogP contribution in [0.1, 0.15) is 33.6 Å². The van der Waals surface area contributed by atoms with Gasteiger partial charge < -0.3 is 15.0 Å². The van der Waals surface area contributed by atoms with Crippen LogP contribution >= 0.6 is 0 Å². The molecule has 1 aliphatic heterocycles. The van der Waals surface area contributed by atoms with Gasteiger partial charge in [-0.3, -0.25) is 4.79 Å². The van der Waals surface area contributed by atoms with E-state index in [4.69, 9.17) is 4.74 Å². The van der Waals surface area contributed by atoms with Gasteiger partial charge in [0, 0.05) is 13.0 Å². The van der Waals surface area contributed by atoms with E-state index in [1.54, 1.807) is 20.8 Å². The summed E-state index contributed by atoms with van der Waals surface area (Å²) >= 11 is 0. The minimum atomic E-state index is -4.44. The van der Waals surface area contributed by atoms with Gasteiger partial charge in [0.15, 0.2) is 0 Å². The zero-order valence-electron chi connectivity index (χ0n) is 11.7. The summed E-state index contributed by atoms with van der Waals surface area (Å²) in [5.41, 5.74) is -0.680. The van der Waals surface area contributed by atoms with E-state index in [1.807, 2.05) is 0 Å². The molecular formula is C12H19F3N2O3. The van der Waals surface area contributed by atoms with E-state index in [2.05, 4.69) is 5.32 Å². The van der Waals surface area contributed by atoms with Crippen molar-refractivity contribution in [3.05, 3.63) is 0 Å². The van der Waals surface area contributed by atoms with Crippen molar-refractivity contribution in [2.24, 2.45) is 0 Å². The molecule has 1 saturated heterocycles. The highest BCUT2D eigenvalue weighted by Crippen LogP contribution is 2.20. The molecule has 0 spiro atoms. The summed E-state index contributed by atoms with van der Waals surface area (Å²) in [6.07, 6.45) is -4.84. The number of ether oxygens (including phenoxy) is 1. The highest BCUT2D eigenvalue weighted by molar-refractivity contribution is 5.77. The van der Waals surface area contributed by atoms with Crippen LogP contribution in [0.5, 0.6) is 0 Å². The van der Waals surface area contributed by atoms with Gasteiger partial charge in [0.25, 0.3) is 0 Å². The molecule has 1 fully saturated rings. The molecule has 20 heavy (non-hydrogen) atoms. The van der Waals surface area contributed by atoms with Crippen molar-refractivity contribution in [2.75, 3.05) is 13.1 Å². The second-order valence-electron chi connectivity index (χ2n) is 5.77. The Kier molecular flexibility index (Phi) is 4.88. The quantitative estimate of drug-likeness (QED) is 0.848. The van der Waals surface area contributed by atoms with Gasteiger partial charge >= 0.3 is 12.3 Å². The molecule has 0 radical (unpaired) electrons. The summed E-state index contributed by atoms with van der Waals surface area (Å²) < 4.78 is 42.0. The van der Waals surface area contributed by atoms with Crippen LogP contribution in [0.15, 0.2) is 0 Å². The minimum Gasteiger partial charge on any atom is -0.444 e. The van der Waals surface area contributed by atoms with Crippen molar-refractivity contribution < 1.29 is 27.5 Å². The second kappa shape index (κ2) is 5.88. The molecule has 8 heteroatoms. The van der Waals surface area contributed by atoms with Crippen LogP contribution in [0.2, 0.25) is 0 Å². The van der Waals surface area contributed by atoms with Crippen molar-refractivity contribution in [2.45, 2.75) is 51.4 Å². The molecular weight excluding hydrogens is 277 g/mol. The summed E-state index contributed by atoms with van der Waals surface area (Å²) in [4.78, 5) is 23.7. The zero-order valence-corrected chi connectivity index (χ0v) is 11.7. The van der Waals surface area contributed by atoms with Crippen LogP contribution in [-0.2, 0) is 9.53 Å². The van der Waals surface area contributed by atoms with Crippen LogP contribution in [0.4, 0.5) is 18.0 Å². The summed E-state index contributed by atoms with van der Waals surface area (Å²) in [6, 6.07) is -0.523. The first-order valence-corrected chi connectivity index (χ1v) is 6.30. The number of nitrogens with zero attached hydrogens (tertiary/aromatic N) is 1. The maximum Gasteiger partial charge on any atom is 0.407 e. The lowest BCUT2D eigenvalue weighted by Crippen LogP contribution is -2.52. The van der Waals surface area contributed by atoms with E-state index in [0.29, 0.717) is 11.3 Å². The molecule has 0 aromatic rings. The Hall–Kier alpha value is -1.47. The highest BCUT2D eigenvalue weighted by atomic mass is 19.4. The molecule has 0 bridgehead atoms. The number of piperidine rings is 1. The largest absolute Gasteiger partial charge is 0.444 e. The number of halogens is 3. The third-order valence-corrected chi connectivity index (χ3v) is 2.59. The lowest BCUT2D eigenvalue weighted by Gasteiger charge is -2.33. The Morgan fingerprint density at radius 1 is 1.40 bits per heavy atom. The van der Waals surface area contributed by atoms with Gasteiger partial charge in [-0.15, -0.1) is 0 Å². The molecule has 0 aromatic heterocycles. The standard InChI is InChI=1S/C12H19F3N2O3/c1-11(2,3)20-10(19)16-8-4-5-9(18)17(6-8)7-12(13,14)15/h8H,4-7H2,1-3H3,(H,16,19). The number of alkyl halides is 3. The predicted molar refractivity (Wildman–Crippen MR) is 65.0 cm³/mol. The fraction of sp³-hybridized carbons (Fsp3) is 0.833. The number of rotatable bonds is 2. The molecule has 1 N–H and O–H groups in total. The average molecular weight is 296 g/mol. The van der Waals surface area contributed by atoms with E-state index < -0.39 is 36.4 Å². The number of amides is 2. The average Bonchev–Trinajstić information content (AvgIpc) is 2.18. The lowest BCUT2D eigenvalue weighted by atomic mass is 10.1. The fourth-order valence-electron chi connectivity index (χ4n) is 1.88. The first-order chi connectivity index (χ1) is 8.96. The van der Waals surface area contributed by atoms with Crippen LogP contribution < -0.4 is 5.32 Å². The lowest BCUT2D eigenvalue weighted by molar-refractivity contribution is -0.164. The van der Waals surface area contributed by atoms with Gasteiger partial charge in [-0.2, -0.15) is 13.2 Å². The zero-order chi connectivity index (χ0) is 15.6. The van der Waals surface area contributed by atoms with Crippen molar-refractivity contribution in [3.8, 4) is 0 Å². The number of hydrogen-bond donors (Lipinski definition) is 1. The minimum absolute atomic E-state index is 0.0173. The Morgan fingerprint density at radius 2 is 2.00 bits per heavy atom. The number of carbonyl (C=O) groups excluding carboxylic acids is 2. The Bertz CT molecular complexity index is 377. The van der Waals surface area contributed by atoms with Gasteiger partial charge in [0.05, 0.1) is 6.04 Å². The Labute approximate surface area is 115 Å². The molecule has 2 amide bonds. The maximum atomic E-state index is 12.3. The first kappa shape index (κ1) is 16.6. The molecule has 0 aliphatic carbocycles. The van der Waals surface area contributed by atoms with Gasteiger partial charge in [-0.1, -0.05) is 0 Å². The molecule has 0 saturated carbocycles. The van der Waals surface area contributed by atoms with Gasteiger partial charge in [0.2, 0.25) is 5.91 Å². The molecule has 1 aliphatic rings. The summed E-state index contributed by atoms with van der Waals surface area (Å²) in [6.45, 7) is 3.61. The second-order valence-corrected chi connectivity index (χ2v) is 5.77. The maximum absolute atomic E-state index is 12.3. The summed E-state index contributed by atoms with van der Waals surface area (Å²) in [5.74, 6) is -0.551. The van der Waals surface area contributed by atoms with Crippen LogP contribution in [0.25, 0.3) is 0 Å². The molecule has 1 atom stereocenters. The summed E-state index contributed by atoms with van der Waals surface area (Å²) in [5, 5.41) is 2.49.